The van der Waals surface area contributed by atoms with E-state index in [0.717, 1.165) is 6.07 Å². The van der Waals surface area contributed by atoms with Gasteiger partial charge in [0.2, 0.25) is 0 Å². The summed E-state index contributed by atoms with van der Waals surface area (Å²) < 4.78 is 51.1. The summed E-state index contributed by atoms with van der Waals surface area (Å²) in [7, 11) is 0. The number of carbonyl (C=O) groups excluding carboxylic acids is 1. The van der Waals surface area contributed by atoms with E-state index in [2.05, 4.69) is 10.3 Å². The van der Waals surface area contributed by atoms with E-state index in [9.17, 15) is 9.18 Å². The van der Waals surface area contributed by atoms with Crippen molar-refractivity contribution < 1.29 is 22.7 Å². The average molecular weight is 457 g/mol. The smallest absolute Gasteiger partial charge is 0.302 e. The summed E-state index contributed by atoms with van der Waals surface area (Å²) in [6, 6.07) is 6.70. The lowest BCUT2D eigenvalue weighted by Crippen LogP contribution is -2.62. The van der Waals surface area contributed by atoms with Crippen LogP contribution in [-0.2, 0) is 16.7 Å². The number of alkyl halides is 2. The first kappa shape index (κ1) is 22.7. The number of hydrogen-bond acceptors (Lipinski definition) is 4. The lowest BCUT2D eigenvalue weighted by molar-refractivity contribution is -0.216. The molecule has 1 aromatic heterocycles. The third-order valence-corrected chi connectivity index (χ3v) is 5.73. The van der Waals surface area contributed by atoms with Gasteiger partial charge in [-0.3, -0.25) is 9.78 Å². The molecule has 2 aromatic rings. The van der Waals surface area contributed by atoms with E-state index in [0.29, 0.717) is 10.6 Å². The van der Waals surface area contributed by atoms with E-state index in [1.54, 1.807) is 0 Å². The van der Waals surface area contributed by atoms with Gasteiger partial charge < -0.3 is 10.1 Å². The Kier molecular flexibility index (Phi) is 5.97. The highest BCUT2D eigenvalue weighted by atomic mass is 35.5. The van der Waals surface area contributed by atoms with Gasteiger partial charge in [0, 0.05) is 18.2 Å². The van der Waals surface area contributed by atoms with Crippen LogP contribution in [-0.4, -0.2) is 33.9 Å². The van der Waals surface area contributed by atoms with Gasteiger partial charge in [-0.2, -0.15) is 0 Å². The van der Waals surface area contributed by atoms with Crippen molar-refractivity contribution >= 4 is 34.6 Å². The molecule has 1 saturated heterocycles. The molecule has 1 aromatic carbocycles. The highest BCUT2D eigenvalue weighted by Gasteiger charge is 2.64. The number of ketones is 1. The predicted octanol–water partition coefficient (Wildman–Crippen LogP) is 4.88. The topological polar surface area (TPSA) is 51.2 Å². The van der Waals surface area contributed by atoms with Crippen LogP contribution in [0.25, 0.3) is 0 Å². The number of aromatic nitrogens is 1. The summed E-state index contributed by atoms with van der Waals surface area (Å²) in [6.45, 7) is 3.44. The van der Waals surface area contributed by atoms with E-state index in [4.69, 9.17) is 28.6 Å². The molecule has 0 unspecified atom stereocenters. The summed E-state index contributed by atoms with van der Waals surface area (Å²) >= 11 is 10.9. The van der Waals surface area contributed by atoms with Gasteiger partial charge in [-0.05, 0) is 50.6 Å². The van der Waals surface area contributed by atoms with Crippen LogP contribution in [0.3, 0.4) is 0 Å². The number of rotatable bonds is 4. The number of carbonyl (C=O) groups is 1. The molecule has 0 spiro atoms. The molecule has 30 heavy (non-hydrogen) atoms. The Hall–Kier alpha value is -2.03. The molecule has 0 aliphatic carbocycles. The van der Waals surface area contributed by atoms with Crippen molar-refractivity contribution in [3.63, 3.8) is 0 Å². The number of benzene rings is 1. The molecule has 160 valence electrons. The molecule has 1 aliphatic rings. The Morgan fingerprint density at radius 1 is 1.27 bits per heavy atom. The average Bonchev–Trinajstić information content (AvgIpc) is 2.73. The van der Waals surface area contributed by atoms with Crippen LogP contribution in [0.1, 0.15) is 42.4 Å². The number of hydrogen-bond donors (Lipinski definition) is 1. The molecule has 9 heteroatoms. The van der Waals surface area contributed by atoms with E-state index >= 15 is 8.78 Å². The SMILES string of the molecule is CC1(C)OCC(=S)N[C@](C)(c2cc(CC(=O)c3ccc(Cl)cn3)ccc2F)C1(F)F. The number of thiocarbonyl (C=S) groups is 1. The second kappa shape index (κ2) is 7.90. The van der Waals surface area contributed by atoms with Gasteiger partial charge in [-0.1, -0.05) is 29.9 Å². The minimum absolute atomic E-state index is 0.0361. The van der Waals surface area contributed by atoms with Crippen LogP contribution in [0.5, 0.6) is 0 Å². The number of Topliss-reactive ketones (excluding diaryl/α,β-unsaturated/α-hetero) is 1. The fraction of sp³-hybridized carbons (Fsp3) is 0.381. The Balaban J connectivity index is 2.02. The molecule has 3 rings (SSSR count). The van der Waals surface area contributed by atoms with Crippen LogP contribution < -0.4 is 5.32 Å². The predicted molar refractivity (Wildman–Crippen MR) is 112 cm³/mol. The summed E-state index contributed by atoms with van der Waals surface area (Å²) in [5.74, 6) is -4.73. The van der Waals surface area contributed by atoms with Crippen molar-refractivity contribution in [1.82, 2.24) is 10.3 Å². The van der Waals surface area contributed by atoms with Gasteiger partial charge in [0.25, 0.3) is 0 Å². The second-order valence-electron chi connectivity index (χ2n) is 7.82. The minimum atomic E-state index is -3.54. The van der Waals surface area contributed by atoms with Crippen molar-refractivity contribution in [2.24, 2.45) is 0 Å². The van der Waals surface area contributed by atoms with Crippen molar-refractivity contribution in [3.05, 3.63) is 64.2 Å². The number of nitrogens with zero attached hydrogens (tertiary/aromatic N) is 1. The Morgan fingerprint density at radius 2 is 1.97 bits per heavy atom. The zero-order valence-electron chi connectivity index (χ0n) is 16.6. The maximum atomic E-state index is 15.5. The van der Waals surface area contributed by atoms with Gasteiger partial charge >= 0.3 is 5.92 Å². The quantitative estimate of drug-likeness (QED) is 0.525. The molecule has 1 N–H and O–H groups in total. The lowest BCUT2D eigenvalue weighted by atomic mass is 9.77. The highest BCUT2D eigenvalue weighted by Crippen LogP contribution is 2.48. The number of nitrogens with one attached hydrogen (secondary N) is 1. The third kappa shape index (κ3) is 3.96. The van der Waals surface area contributed by atoms with Gasteiger partial charge in [0.1, 0.15) is 27.6 Å². The minimum Gasteiger partial charge on any atom is -0.363 e. The summed E-state index contributed by atoms with van der Waals surface area (Å²) in [5.41, 5.74) is -3.87. The molecule has 4 nitrogen and oxygen atoms in total. The van der Waals surface area contributed by atoms with Gasteiger partial charge in [-0.25, -0.2) is 13.2 Å². The number of halogens is 4. The fourth-order valence-electron chi connectivity index (χ4n) is 3.45. The molecule has 1 aliphatic heterocycles. The van der Waals surface area contributed by atoms with Gasteiger partial charge in [-0.15, -0.1) is 0 Å². The largest absolute Gasteiger partial charge is 0.363 e. The van der Waals surface area contributed by atoms with Crippen LogP contribution >= 0.6 is 23.8 Å². The van der Waals surface area contributed by atoms with E-state index < -0.39 is 22.9 Å². The van der Waals surface area contributed by atoms with E-state index in [1.165, 1.54) is 51.2 Å². The standard InChI is InChI=1S/C21H20ClF3N2O2S/c1-19(2)21(24,25)20(3,27-18(30)11-29-19)14-8-12(4-6-15(14)23)9-17(28)16-7-5-13(22)10-26-16/h4-8,10H,9,11H2,1-3H3,(H,27,30)/t20-/m1/s1. The zero-order chi connectivity index (χ0) is 22.3. The monoisotopic (exact) mass is 456 g/mol. The first-order chi connectivity index (χ1) is 13.9. The lowest BCUT2D eigenvalue weighted by Gasteiger charge is -2.44. The number of pyridine rings is 1. The fourth-order valence-corrected chi connectivity index (χ4v) is 3.83. The summed E-state index contributed by atoms with van der Waals surface area (Å²) in [6.07, 6.45) is 1.19. The zero-order valence-corrected chi connectivity index (χ0v) is 18.1. The Labute approximate surface area is 182 Å². The molecule has 2 heterocycles. The molecule has 0 amide bonds. The van der Waals surface area contributed by atoms with Crippen molar-refractivity contribution in [3.8, 4) is 0 Å². The first-order valence-corrected chi connectivity index (χ1v) is 9.92. The maximum Gasteiger partial charge on any atom is 0.302 e. The molecule has 1 fully saturated rings. The number of ether oxygens (including phenoxy) is 1. The van der Waals surface area contributed by atoms with Gasteiger partial charge in [0.15, 0.2) is 5.78 Å². The van der Waals surface area contributed by atoms with E-state index in [1.807, 2.05) is 0 Å². The Morgan fingerprint density at radius 3 is 2.60 bits per heavy atom. The highest BCUT2D eigenvalue weighted by molar-refractivity contribution is 7.80. The van der Waals surface area contributed by atoms with Crippen molar-refractivity contribution in [2.45, 2.75) is 44.3 Å². The molecular formula is C21H20ClF3N2O2S. The van der Waals surface area contributed by atoms with Gasteiger partial charge in [0.05, 0.1) is 11.6 Å². The second-order valence-corrected chi connectivity index (χ2v) is 8.75. The molecular weight excluding hydrogens is 437 g/mol. The van der Waals surface area contributed by atoms with Crippen LogP contribution in [0.4, 0.5) is 13.2 Å². The summed E-state index contributed by atoms with van der Waals surface area (Å²) in [5, 5.41) is 2.96. The van der Waals surface area contributed by atoms with Crippen LogP contribution in [0.2, 0.25) is 5.02 Å². The van der Waals surface area contributed by atoms with Crippen molar-refractivity contribution in [2.75, 3.05) is 6.61 Å². The Bertz CT molecular complexity index is 998. The molecule has 1 atom stereocenters. The normalized spacial score (nSPS) is 22.8. The van der Waals surface area contributed by atoms with Crippen LogP contribution in [0.15, 0.2) is 36.5 Å². The van der Waals surface area contributed by atoms with E-state index in [-0.39, 0.29) is 35.1 Å². The molecule has 0 radical (unpaired) electrons. The first-order valence-electron chi connectivity index (χ1n) is 9.14. The van der Waals surface area contributed by atoms with Crippen molar-refractivity contribution in [1.29, 1.82) is 0 Å². The maximum absolute atomic E-state index is 15.5. The third-order valence-electron chi connectivity index (χ3n) is 5.28. The van der Waals surface area contributed by atoms with Crippen LogP contribution in [0, 0.1) is 5.82 Å². The summed E-state index contributed by atoms with van der Waals surface area (Å²) in [4.78, 5) is 16.5. The molecule has 0 bridgehead atoms. The molecule has 0 saturated carbocycles.